The molecule has 0 saturated carbocycles. The number of hydrogen-bond donors (Lipinski definition) is 6. The highest BCUT2D eigenvalue weighted by atomic mass is 16.7. The SMILES string of the molecule is CC/C=C/C=C/C=C\C=C/C=C/CCCCCC(=O)OC1C(OCC(NC(=O)C(O)CCCCCC/C=C\CCCC)C(O)/C=C/CCCCCCCCCCC)OC(CO)C(O)C1O. The number of hydrogen-bond acceptors (Lipinski definition) is 10. The van der Waals surface area contributed by atoms with Crippen molar-refractivity contribution in [1.29, 1.82) is 0 Å². The standard InChI is InChI=1S/C54H91NO10/c1-4-7-10-13-16-19-22-23-24-25-27-30-33-36-39-42-49(59)65-52-51(61)50(60)48(43-56)64-54(52)63-44-45(46(57)40-37-34-31-29-26-20-17-14-11-8-5-2)55-53(62)47(58)41-38-35-32-28-21-18-15-12-9-6-3/h7,10,13,15-16,18-19,22-25,27,37,40,45-48,50-52,54,56-58,60-61H,4-6,8-9,11-12,14,17,20-21,26,28-36,38-39,41-44H2,1-3H3,(H,55,62)/b10-7+,16-13+,18-15-,22-19-,24-23-,27-25+,40-37+. The Hall–Kier alpha value is -3.16. The minimum Gasteiger partial charge on any atom is -0.454 e. The summed E-state index contributed by atoms with van der Waals surface area (Å²) >= 11 is 0. The van der Waals surface area contributed by atoms with Gasteiger partial charge in [-0.2, -0.15) is 0 Å². The molecule has 0 aromatic heterocycles. The quantitative estimate of drug-likeness (QED) is 0.0150. The molecular weight excluding hydrogens is 823 g/mol. The smallest absolute Gasteiger partial charge is 0.306 e. The number of allylic oxidation sites excluding steroid dienone is 13. The Kier molecular flexibility index (Phi) is 38.9. The zero-order valence-corrected chi connectivity index (χ0v) is 40.6. The van der Waals surface area contributed by atoms with Gasteiger partial charge in [-0.15, -0.1) is 0 Å². The highest BCUT2D eigenvalue weighted by molar-refractivity contribution is 5.80. The van der Waals surface area contributed by atoms with Crippen LogP contribution in [0.15, 0.2) is 85.1 Å². The predicted octanol–water partition coefficient (Wildman–Crippen LogP) is 10.3. The molecular formula is C54H91NO10. The molecule has 8 unspecified atom stereocenters. The van der Waals surface area contributed by atoms with E-state index in [4.69, 9.17) is 14.2 Å². The van der Waals surface area contributed by atoms with Crippen LogP contribution >= 0.6 is 0 Å². The number of nitrogens with one attached hydrogen (secondary N) is 1. The predicted molar refractivity (Wildman–Crippen MR) is 264 cm³/mol. The van der Waals surface area contributed by atoms with Gasteiger partial charge in [-0.1, -0.05) is 196 Å². The maximum Gasteiger partial charge on any atom is 0.306 e. The highest BCUT2D eigenvalue weighted by Gasteiger charge is 2.47. The number of carbonyl (C=O) groups excluding carboxylic acids is 2. The summed E-state index contributed by atoms with van der Waals surface area (Å²) in [6.45, 7) is 5.51. The Balaban J connectivity index is 2.83. The van der Waals surface area contributed by atoms with Gasteiger partial charge >= 0.3 is 5.97 Å². The summed E-state index contributed by atoms with van der Waals surface area (Å²) in [4.78, 5) is 26.3. The number of unbranched alkanes of at least 4 members (excludes halogenated alkanes) is 18. The number of rotatable bonds is 40. The van der Waals surface area contributed by atoms with Crippen molar-refractivity contribution in [3.8, 4) is 0 Å². The van der Waals surface area contributed by atoms with Crippen molar-refractivity contribution < 1.29 is 49.3 Å². The average molecular weight is 914 g/mol. The first kappa shape index (κ1) is 59.9. The van der Waals surface area contributed by atoms with Crippen molar-refractivity contribution in [1.82, 2.24) is 5.32 Å². The maximum absolute atomic E-state index is 13.3. The van der Waals surface area contributed by atoms with Crippen molar-refractivity contribution in [2.45, 2.75) is 230 Å². The lowest BCUT2D eigenvalue weighted by molar-refractivity contribution is -0.305. The Morgan fingerprint density at radius 3 is 1.75 bits per heavy atom. The van der Waals surface area contributed by atoms with Crippen LogP contribution in [0, 0.1) is 0 Å². The van der Waals surface area contributed by atoms with Gasteiger partial charge in [0.1, 0.15) is 24.4 Å². The lowest BCUT2D eigenvalue weighted by atomic mass is 9.99. The topological polar surface area (TPSA) is 175 Å². The van der Waals surface area contributed by atoms with E-state index in [1.54, 1.807) is 6.08 Å². The fourth-order valence-corrected chi connectivity index (χ4v) is 7.30. The summed E-state index contributed by atoms with van der Waals surface area (Å²) in [7, 11) is 0. The third-order valence-corrected chi connectivity index (χ3v) is 11.4. The van der Waals surface area contributed by atoms with Crippen molar-refractivity contribution >= 4 is 11.9 Å². The van der Waals surface area contributed by atoms with Crippen LogP contribution in [0.2, 0.25) is 0 Å². The fraction of sp³-hybridized carbons (Fsp3) is 0.704. The lowest BCUT2D eigenvalue weighted by Gasteiger charge is -2.41. The van der Waals surface area contributed by atoms with E-state index in [0.29, 0.717) is 12.8 Å². The maximum atomic E-state index is 13.3. The highest BCUT2D eigenvalue weighted by Crippen LogP contribution is 2.26. The van der Waals surface area contributed by atoms with Crippen molar-refractivity contribution in [3.05, 3.63) is 85.1 Å². The van der Waals surface area contributed by atoms with Gasteiger partial charge in [-0.3, -0.25) is 9.59 Å². The van der Waals surface area contributed by atoms with Gasteiger partial charge in [0.2, 0.25) is 5.91 Å². The number of amides is 1. The molecule has 1 saturated heterocycles. The molecule has 1 fully saturated rings. The van der Waals surface area contributed by atoms with Crippen molar-refractivity contribution in [2.24, 2.45) is 0 Å². The molecule has 11 nitrogen and oxygen atoms in total. The summed E-state index contributed by atoms with van der Waals surface area (Å²) in [5.41, 5.74) is 0. The summed E-state index contributed by atoms with van der Waals surface area (Å²) < 4.78 is 17.4. The van der Waals surface area contributed by atoms with Crippen LogP contribution in [0.5, 0.6) is 0 Å². The average Bonchev–Trinajstić information content (AvgIpc) is 3.30. The number of aliphatic hydroxyl groups is 5. The second kappa shape index (κ2) is 42.2. The van der Waals surface area contributed by atoms with Gasteiger partial charge < -0.3 is 45.1 Å². The number of ether oxygens (including phenoxy) is 3. The van der Waals surface area contributed by atoms with Gasteiger partial charge in [-0.05, 0) is 64.2 Å². The zero-order valence-electron chi connectivity index (χ0n) is 40.6. The molecule has 0 bridgehead atoms. The minimum atomic E-state index is -1.63. The molecule has 0 aliphatic carbocycles. The molecule has 65 heavy (non-hydrogen) atoms. The van der Waals surface area contributed by atoms with Gasteiger partial charge in [0.05, 0.1) is 25.4 Å². The van der Waals surface area contributed by atoms with Crippen LogP contribution in [0.4, 0.5) is 0 Å². The molecule has 8 atom stereocenters. The fourth-order valence-electron chi connectivity index (χ4n) is 7.30. The third-order valence-electron chi connectivity index (χ3n) is 11.4. The largest absolute Gasteiger partial charge is 0.454 e. The first-order valence-electron chi connectivity index (χ1n) is 25.4. The first-order valence-corrected chi connectivity index (χ1v) is 25.4. The molecule has 11 heteroatoms. The van der Waals surface area contributed by atoms with Crippen LogP contribution in [-0.4, -0.2) is 99.6 Å². The molecule has 1 amide bonds. The van der Waals surface area contributed by atoms with Crippen LogP contribution < -0.4 is 5.32 Å². The van der Waals surface area contributed by atoms with E-state index < -0.39 is 67.4 Å². The van der Waals surface area contributed by atoms with E-state index in [9.17, 15) is 35.1 Å². The summed E-state index contributed by atoms with van der Waals surface area (Å²) in [5, 5.41) is 56.4. The van der Waals surface area contributed by atoms with E-state index >= 15 is 0 Å². The van der Waals surface area contributed by atoms with Gasteiger partial charge in [0.15, 0.2) is 12.4 Å². The second-order valence-corrected chi connectivity index (χ2v) is 17.3. The van der Waals surface area contributed by atoms with Crippen LogP contribution in [0.1, 0.15) is 181 Å². The van der Waals surface area contributed by atoms with Gasteiger partial charge in [0.25, 0.3) is 0 Å². The molecule has 6 N–H and O–H groups in total. The van der Waals surface area contributed by atoms with E-state index in [1.807, 2.05) is 54.7 Å². The molecule has 1 rings (SSSR count). The van der Waals surface area contributed by atoms with Crippen molar-refractivity contribution in [3.63, 3.8) is 0 Å². The van der Waals surface area contributed by atoms with Crippen LogP contribution in [-0.2, 0) is 23.8 Å². The zero-order chi connectivity index (χ0) is 47.6. The number of esters is 1. The van der Waals surface area contributed by atoms with E-state index in [1.165, 1.54) is 51.4 Å². The molecule has 0 spiro atoms. The van der Waals surface area contributed by atoms with Gasteiger partial charge in [0, 0.05) is 6.42 Å². The molecule has 372 valence electrons. The Morgan fingerprint density at radius 2 is 1.14 bits per heavy atom. The van der Waals surface area contributed by atoms with Crippen LogP contribution in [0.3, 0.4) is 0 Å². The molecule has 1 heterocycles. The minimum absolute atomic E-state index is 0.0694. The Labute approximate surface area is 393 Å². The molecule has 1 aliphatic heterocycles. The van der Waals surface area contributed by atoms with E-state index in [2.05, 4.69) is 50.4 Å². The molecule has 1 aliphatic rings. The first-order chi connectivity index (χ1) is 31.7. The number of carbonyl (C=O) groups is 2. The molecule has 0 aromatic carbocycles. The molecule has 0 radical (unpaired) electrons. The van der Waals surface area contributed by atoms with E-state index in [-0.39, 0.29) is 19.4 Å². The summed E-state index contributed by atoms with van der Waals surface area (Å²) in [5.74, 6) is -1.26. The monoisotopic (exact) mass is 914 g/mol. The Morgan fingerprint density at radius 1 is 0.615 bits per heavy atom. The Bertz CT molecular complexity index is 1370. The van der Waals surface area contributed by atoms with Crippen molar-refractivity contribution in [2.75, 3.05) is 13.2 Å². The lowest BCUT2D eigenvalue weighted by Crippen LogP contribution is -2.61. The summed E-state index contributed by atoms with van der Waals surface area (Å²) in [6, 6.07) is -1.04. The normalized spacial score (nSPS) is 21.0. The van der Waals surface area contributed by atoms with E-state index in [0.717, 1.165) is 83.5 Å². The second-order valence-electron chi connectivity index (χ2n) is 17.3. The molecule has 0 aromatic rings. The third kappa shape index (κ3) is 31.4. The number of aliphatic hydroxyl groups excluding tert-OH is 5. The summed E-state index contributed by atoms with van der Waals surface area (Å²) in [6.07, 6.45) is 42.2. The van der Waals surface area contributed by atoms with Gasteiger partial charge in [-0.25, -0.2) is 0 Å². The van der Waals surface area contributed by atoms with Crippen LogP contribution in [0.25, 0.3) is 0 Å².